The van der Waals surface area contributed by atoms with Gasteiger partial charge in [0.15, 0.2) is 5.78 Å². The average Bonchev–Trinajstić information content (AvgIpc) is 3.20. The van der Waals surface area contributed by atoms with E-state index in [-0.39, 0.29) is 11.7 Å². The van der Waals surface area contributed by atoms with Crippen LogP contribution >= 0.6 is 0 Å². The molecule has 0 saturated carbocycles. The molecule has 1 fully saturated rings. The molecule has 0 bridgehead atoms. The second-order valence-electron chi connectivity index (χ2n) is 7.33. The lowest BCUT2D eigenvalue weighted by Gasteiger charge is -2.35. The van der Waals surface area contributed by atoms with Crippen LogP contribution in [-0.4, -0.2) is 49.4 Å². The van der Waals surface area contributed by atoms with Crippen molar-refractivity contribution in [1.29, 1.82) is 0 Å². The molecule has 0 atom stereocenters. The van der Waals surface area contributed by atoms with Crippen molar-refractivity contribution in [2.45, 2.75) is 13.3 Å². The minimum Gasteiger partial charge on any atom is -0.493 e. The molecule has 2 aliphatic heterocycles. The molecule has 150 valence electrons. The van der Waals surface area contributed by atoms with E-state index < -0.39 is 5.82 Å². The summed E-state index contributed by atoms with van der Waals surface area (Å²) in [7, 11) is 0. The maximum Gasteiger partial charge on any atom is 0.246 e. The molecule has 0 aliphatic carbocycles. The van der Waals surface area contributed by atoms with Crippen LogP contribution in [0.2, 0.25) is 0 Å². The van der Waals surface area contributed by atoms with Gasteiger partial charge in [-0.3, -0.25) is 9.59 Å². The summed E-state index contributed by atoms with van der Waals surface area (Å²) < 4.78 is 19.9. The molecule has 29 heavy (non-hydrogen) atoms. The molecule has 4 rings (SSSR count). The fraction of sp³-hybridized carbons (Fsp3) is 0.304. The quantitative estimate of drug-likeness (QED) is 0.590. The monoisotopic (exact) mass is 394 g/mol. The highest BCUT2D eigenvalue weighted by Crippen LogP contribution is 2.26. The number of piperazine rings is 1. The average molecular weight is 394 g/mol. The van der Waals surface area contributed by atoms with E-state index in [1.54, 1.807) is 23.1 Å². The Kier molecular flexibility index (Phi) is 5.34. The minimum absolute atomic E-state index is 0.0474. The van der Waals surface area contributed by atoms with Gasteiger partial charge in [-0.2, -0.15) is 0 Å². The van der Waals surface area contributed by atoms with Crippen LogP contribution in [0.4, 0.5) is 10.1 Å². The Labute approximate surface area is 169 Å². The number of benzene rings is 2. The molecular weight excluding hydrogens is 371 g/mol. The minimum atomic E-state index is -0.405. The van der Waals surface area contributed by atoms with E-state index in [4.69, 9.17) is 4.74 Å². The number of carbonyl (C=O) groups excluding carboxylic acids is 2. The second kappa shape index (κ2) is 8.07. The first-order valence-corrected chi connectivity index (χ1v) is 9.79. The van der Waals surface area contributed by atoms with Crippen molar-refractivity contribution in [3.05, 3.63) is 65.0 Å². The van der Waals surface area contributed by atoms with Crippen molar-refractivity contribution in [3.63, 3.8) is 0 Å². The number of halogens is 1. The molecule has 0 unspecified atom stereocenters. The summed E-state index contributed by atoms with van der Waals surface area (Å²) in [5.74, 6) is 0.313. The van der Waals surface area contributed by atoms with Gasteiger partial charge in [-0.25, -0.2) is 4.39 Å². The molecule has 2 aromatic carbocycles. The molecule has 2 aromatic rings. The van der Waals surface area contributed by atoms with E-state index in [9.17, 15) is 14.0 Å². The van der Waals surface area contributed by atoms with E-state index in [0.29, 0.717) is 44.0 Å². The van der Waals surface area contributed by atoms with Gasteiger partial charge in [-0.1, -0.05) is 6.07 Å². The first-order valence-electron chi connectivity index (χ1n) is 9.79. The second-order valence-corrected chi connectivity index (χ2v) is 7.33. The Balaban J connectivity index is 1.35. The maximum absolute atomic E-state index is 14.4. The van der Waals surface area contributed by atoms with E-state index in [1.165, 1.54) is 18.6 Å². The van der Waals surface area contributed by atoms with Crippen molar-refractivity contribution in [2.75, 3.05) is 37.7 Å². The molecule has 0 spiro atoms. The number of ketones is 1. The van der Waals surface area contributed by atoms with Crippen LogP contribution < -0.4 is 9.64 Å². The van der Waals surface area contributed by atoms with Gasteiger partial charge in [0.05, 0.1) is 12.3 Å². The Hall–Kier alpha value is -3.15. The topological polar surface area (TPSA) is 49.9 Å². The number of carbonyl (C=O) groups is 2. The summed E-state index contributed by atoms with van der Waals surface area (Å²) in [6.45, 7) is 4.27. The predicted molar refractivity (Wildman–Crippen MR) is 110 cm³/mol. The van der Waals surface area contributed by atoms with Gasteiger partial charge >= 0.3 is 0 Å². The summed E-state index contributed by atoms with van der Waals surface area (Å²) >= 11 is 0. The fourth-order valence-corrected chi connectivity index (χ4v) is 3.73. The number of Topliss-reactive ketones (excluding diaryl/α,β-unsaturated/α-hetero) is 1. The number of hydrogen-bond donors (Lipinski definition) is 0. The molecule has 1 amide bonds. The van der Waals surface area contributed by atoms with Gasteiger partial charge in [0.2, 0.25) is 5.91 Å². The highest BCUT2D eigenvalue weighted by Gasteiger charge is 2.22. The van der Waals surface area contributed by atoms with Crippen molar-refractivity contribution in [2.24, 2.45) is 0 Å². The van der Waals surface area contributed by atoms with Crippen LogP contribution in [0.15, 0.2) is 42.5 Å². The normalized spacial score (nSPS) is 16.1. The van der Waals surface area contributed by atoms with E-state index in [1.807, 2.05) is 23.1 Å². The highest BCUT2D eigenvalue weighted by molar-refractivity contribution is 5.94. The molecule has 1 saturated heterocycles. The largest absolute Gasteiger partial charge is 0.493 e. The van der Waals surface area contributed by atoms with E-state index in [0.717, 1.165) is 17.7 Å². The van der Waals surface area contributed by atoms with Crippen LogP contribution in [-0.2, 0) is 11.2 Å². The predicted octanol–water partition coefficient (Wildman–Crippen LogP) is 3.33. The summed E-state index contributed by atoms with van der Waals surface area (Å²) in [6, 6.07) is 10.5. The molecule has 0 N–H and O–H groups in total. The van der Waals surface area contributed by atoms with Crippen LogP contribution in [0, 0.1) is 5.82 Å². The zero-order valence-corrected chi connectivity index (χ0v) is 16.4. The SMILES string of the molecule is CC(=O)c1ccc(N2CCN(C(=O)C=Cc3ccc4c(c3)CCO4)CC2)c(F)c1. The summed E-state index contributed by atoms with van der Waals surface area (Å²) in [6.07, 6.45) is 4.32. The lowest BCUT2D eigenvalue weighted by molar-refractivity contribution is -0.126. The summed E-state index contributed by atoms with van der Waals surface area (Å²) in [4.78, 5) is 27.6. The van der Waals surface area contributed by atoms with Gasteiger partial charge in [0.1, 0.15) is 11.6 Å². The van der Waals surface area contributed by atoms with Crippen LogP contribution in [0.5, 0.6) is 5.75 Å². The number of nitrogens with zero attached hydrogens (tertiary/aromatic N) is 2. The van der Waals surface area contributed by atoms with Crippen molar-refractivity contribution >= 4 is 23.5 Å². The van der Waals surface area contributed by atoms with E-state index in [2.05, 4.69) is 6.07 Å². The Bertz CT molecular complexity index is 978. The zero-order valence-electron chi connectivity index (χ0n) is 16.4. The highest BCUT2D eigenvalue weighted by atomic mass is 19.1. The first-order chi connectivity index (χ1) is 14.0. The van der Waals surface area contributed by atoms with Gasteiger partial charge < -0.3 is 14.5 Å². The molecule has 2 heterocycles. The van der Waals surface area contributed by atoms with Gasteiger partial charge in [-0.15, -0.1) is 0 Å². The lowest BCUT2D eigenvalue weighted by atomic mass is 10.1. The lowest BCUT2D eigenvalue weighted by Crippen LogP contribution is -2.48. The summed E-state index contributed by atoms with van der Waals surface area (Å²) in [5.41, 5.74) is 2.99. The standard InChI is InChI=1S/C23H23FN2O3/c1-16(27)18-4-5-21(20(24)15-18)25-9-11-26(12-10-25)23(28)7-3-17-2-6-22-19(14-17)8-13-29-22/h2-7,14-15H,8-13H2,1H3. The Morgan fingerprint density at radius 1 is 1.07 bits per heavy atom. The molecule has 0 radical (unpaired) electrons. The van der Waals surface area contributed by atoms with Gasteiger partial charge in [0, 0.05) is 44.2 Å². The van der Waals surface area contributed by atoms with Crippen molar-refractivity contribution < 1.29 is 18.7 Å². The number of fused-ring (bicyclic) bond motifs is 1. The fourth-order valence-electron chi connectivity index (χ4n) is 3.73. The molecular formula is C23H23FN2O3. The van der Waals surface area contributed by atoms with Gasteiger partial charge in [0.25, 0.3) is 0 Å². The van der Waals surface area contributed by atoms with Crippen LogP contribution in [0.1, 0.15) is 28.4 Å². The number of ether oxygens (including phenoxy) is 1. The smallest absolute Gasteiger partial charge is 0.246 e. The zero-order chi connectivity index (χ0) is 20.4. The summed E-state index contributed by atoms with van der Waals surface area (Å²) in [5, 5.41) is 0. The number of amides is 1. The maximum atomic E-state index is 14.4. The van der Waals surface area contributed by atoms with Crippen LogP contribution in [0.3, 0.4) is 0 Å². The van der Waals surface area contributed by atoms with Crippen molar-refractivity contribution in [1.82, 2.24) is 4.90 Å². The molecule has 0 aromatic heterocycles. The number of hydrogen-bond acceptors (Lipinski definition) is 4. The third-order valence-electron chi connectivity index (χ3n) is 5.42. The van der Waals surface area contributed by atoms with Gasteiger partial charge in [-0.05, 0) is 54.5 Å². The van der Waals surface area contributed by atoms with Crippen molar-refractivity contribution in [3.8, 4) is 5.75 Å². The molecule has 5 nitrogen and oxygen atoms in total. The third-order valence-corrected chi connectivity index (χ3v) is 5.42. The van der Waals surface area contributed by atoms with Crippen LogP contribution in [0.25, 0.3) is 6.08 Å². The third kappa shape index (κ3) is 4.16. The van der Waals surface area contributed by atoms with E-state index >= 15 is 0 Å². The Morgan fingerprint density at radius 3 is 2.59 bits per heavy atom. The number of anilines is 1. The first kappa shape index (κ1) is 19.2. The number of rotatable bonds is 4. The Morgan fingerprint density at radius 2 is 1.86 bits per heavy atom. The molecule has 2 aliphatic rings. The molecule has 6 heteroatoms.